The molecule has 18 heavy (non-hydrogen) atoms. The van der Waals surface area contributed by atoms with Crippen LogP contribution in [0.4, 0.5) is 0 Å². The van der Waals surface area contributed by atoms with Crippen LogP contribution in [0.25, 0.3) is 0 Å². The van der Waals surface area contributed by atoms with Crippen LogP contribution in [0.15, 0.2) is 18.2 Å². The quantitative estimate of drug-likeness (QED) is 0.644. The summed E-state index contributed by atoms with van der Waals surface area (Å²) in [6, 6.07) is 6.65. The molecule has 2 heteroatoms. The Hall–Kier alpha value is -1.04. The lowest BCUT2D eigenvalue weighted by atomic mass is 10.1. The van der Waals surface area contributed by atoms with Gasteiger partial charge < -0.3 is 5.32 Å². The Morgan fingerprint density at radius 1 is 1.33 bits per heavy atom. The largest absolute Gasteiger partial charge is 0.312 e. The van der Waals surface area contributed by atoms with Gasteiger partial charge in [-0.2, -0.15) is 0 Å². The SMILES string of the molecule is Cc1ccc(CNCC2CC2)cc1C#C[Si](C)C. The van der Waals surface area contributed by atoms with Crippen LogP contribution in [0.2, 0.25) is 13.1 Å². The van der Waals surface area contributed by atoms with E-state index in [1.165, 1.54) is 36.1 Å². The third-order valence-corrected chi connectivity index (χ3v) is 3.83. The second-order valence-corrected chi connectivity index (χ2v) is 7.72. The zero-order valence-electron chi connectivity index (χ0n) is 11.6. The monoisotopic (exact) mass is 256 g/mol. The Bertz CT molecular complexity index is 464. The number of hydrogen-bond donors (Lipinski definition) is 1. The number of benzene rings is 1. The highest BCUT2D eigenvalue weighted by atomic mass is 28.3. The summed E-state index contributed by atoms with van der Waals surface area (Å²) in [5.74, 6) is 4.28. The molecule has 1 aromatic rings. The van der Waals surface area contributed by atoms with E-state index >= 15 is 0 Å². The molecule has 1 N–H and O–H groups in total. The fourth-order valence-electron chi connectivity index (χ4n) is 1.85. The van der Waals surface area contributed by atoms with Crippen molar-refractivity contribution in [3.8, 4) is 11.5 Å². The molecule has 1 radical (unpaired) electrons. The average Bonchev–Trinajstić information content (AvgIpc) is 3.13. The Labute approximate surface area is 113 Å². The third kappa shape index (κ3) is 4.32. The van der Waals surface area contributed by atoms with E-state index in [-0.39, 0.29) is 0 Å². The molecule has 1 fully saturated rings. The van der Waals surface area contributed by atoms with E-state index in [0.717, 1.165) is 12.5 Å². The first-order valence-electron chi connectivity index (χ1n) is 6.77. The molecule has 0 amide bonds. The van der Waals surface area contributed by atoms with Crippen LogP contribution in [0, 0.1) is 24.3 Å². The maximum atomic E-state index is 3.53. The molecule has 0 bridgehead atoms. The Kier molecular flexibility index (Phi) is 4.63. The second-order valence-electron chi connectivity index (χ2n) is 5.47. The molecule has 0 unspecified atom stereocenters. The summed E-state index contributed by atoms with van der Waals surface area (Å²) < 4.78 is 0. The van der Waals surface area contributed by atoms with Crippen LogP contribution >= 0.6 is 0 Å². The maximum absolute atomic E-state index is 3.53. The number of hydrogen-bond acceptors (Lipinski definition) is 1. The zero-order valence-corrected chi connectivity index (χ0v) is 12.6. The lowest BCUT2D eigenvalue weighted by Gasteiger charge is -2.06. The summed E-state index contributed by atoms with van der Waals surface area (Å²) >= 11 is 0. The highest BCUT2D eigenvalue weighted by Crippen LogP contribution is 2.27. The van der Waals surface area contributed by atoms with E-state index in [1.54, 1.807) is 0 Å². The summed E-state index contributed by atoms with van der Waals surface area (Å²) in [5.41, 5.74) is 7.19. The first-order chi connectivity index (χ1) is 8.65. The highest BCUT2D eigenvalue weighted by molar-refractivity contribution is 6.64. The van der Waals surface area contributed by atoms with E-state index in [4.69, 9.17) is 0 Å². The first kappa shape index (κ1) is 13.4. The van der Waals surface area contributed by atoms with Gasteiger partial charge in [-0.15, -0.1) is 5.54 Å². The Morgan fingerprint density at radius 2 is 2.11 bits per heavy atom. The summed E-state index contributed by atoms with van der Waals surface area (Å²) in [7, 11) is -0.458. The molecule has 1 saturated carbocycles. The predicted molar refractivity (Wildman–Crippen MR) is 80.0 cm³/mol. The summed E-state index contributed by atoms with van der Waals surface area (Å²) in [5, 5.41) is 3.53. The standard InChI is InChI=1S/C16H22NSi/c1-13-4-5-15(12-17-11-14-6-7-14)10-16(13)8-9-18(2)3/h4-5,10,14,17H,6-7,11-12H2,1-3H3. The molecule has 0 spiro atoms. The van der Waals surface area contributed by atoms with Crippen LogP contribution in [-0.4, -0.2) is 15.3 Å². The van der Waals surface area contributed by atoms with E-state index in [2.05, 4.69) is 55.0 Å². The molecule has 1 aliphatic rings. The molecule has 0 aromatic heterocycles. The maximum Gasteiger partial charge on any atom is 0.138 e. The van der Waals surface area contributed by atoms with Crippen molar-refractivity contribution in [1.29, 1.82) is 0 Å². The molecule has 2 rings (SSSR count). The lowest BCUT2D eigenvalue weighted by Crippen LogP contribution is -2.16. The minimum Gasteiger partial charge on any atom is -0.312 e. The van der Waals surface area contributed by atoms with E-state index in [0.29, 0.717) is 0 Å². The molecule has 1 nitrogen and oxygen atoms in total. The van der Waals surface area contributed by atoms with Gasteiger partial charge in [0.1, 0.15) is 8.80 Å². The van der Waals surface area contributed by atoms with E-state index in [9.17, 15) is 0 Å². The molecular formula is C16H22NSi. The van der Waals surface area contributed by atoms with Gasteiger partial charge in [0.15, 0.2) is 0 Å². The van der Waals surface area contributed by atoms with Crippen LogP contribution in [0.1, 0.15) is 29.5 Å². The van der Waals surface area contributed by atoms with Crippen molar-refractivity contribution < 1.29 is 0 Å². The normalized spacial score (nSPS) is 14.4. The van der Waals surface area contributed by atoms with Gasteiger partial charge in [0.05, 0.1) is 0 Å². The van der Waals surface area contributed by atoms with Gasteiger partial charge in [0, 0.05) is 12.1 Å². The minimum atomic E-state index is -0.458. The van der Waals surface area contributed by atoms with Crippen LogP contribution in [0.3, 0.4) is 0 Å². The molecule has 0 saturated heterocycles. The van der Waals surface area contributed by atoms with Gasteiger partial charge in [-0.05, 0) is 49.4 Å². The number of nitrogens with one attached hydrogen (secondary N) is 1. The Balaban J connectivity index is 1.98. The van der Waals surface area contributed by atoms with Gasteiger partial charge in [-0.3, -0.25) is 0 Å². The van der Waals surface area contributed by atoms with Gasteiger partial charge in [-0.1, -0.05) is 31.1 Å². The lowest BCUT2D eigenvalue weighted by molar-refractivity contribution is 0.638. The van der Waals surface area contributed by atoms with Gasteiger partial charge in [0.25, 0.3) is 0 Å². The van der Waals surface area contributed by atoms with Crippen molar-refractivity contribution in [3.05, 3.63) is 34.9 Å². The smallest absolute Gasteiger partial charge is 0.138 e. The van der Waals surface area contributed by atoms with Crippen molar-refractivity contribution in [2.75, 3.05) is 6.54 Å². The predicted octanol–water partition coefficient (Wildman–Crippen LogP) is 3.14. The fraction of sp³-hybridized carbons (Fsp3) is 0.500. The highest BCUT2D eigenvalue weighted by Gasteiger charge is 2.20. The molecule has 1 aliphatic carbocycles. The average molecular weight is 256 g/mol. The second kappa shape index (κ2) is 6.22. The Morgan fingerprint density at radius 3 is 2.78 bits per heavy atom. The summed E-state index contributed by atoms with van der Waals surface area (Å²) in [6.07, 6.45) is 2.82. The molecule has 0 aliphatic heterocycles. The van der Waals surface area contributed by atoms with Crippen LogP contribution in [-0.2, 0) is 6.54 Å². The van der Waals surface area contributed by atoms with Gasteiger partial charge in [0.2, 0.25) is 0 Å². The van der Waals surface area contributed by atoms with Crippen molar-refractivity contribution in [2.24, 2.45) is 5.92 Å². The molecule has 0 heterocycles. The minimum absolute atomic E-state index is 0.458. The van der Waals surface area contributed by atoms with Crippen LogP contribution < -0.4 is 5.32 Å². The van der Waals surface area contributed by atoms with E-state index < -0.39 is 8.80 Å². The number of aryl methyl sites for hydroxylation is 1. The summed E-state index contributed by atoms with van der Waals surface area (Å²) in [4.78, 5) is 0. The van der Waals surface area contributed by atoms with Crippen LogP contribution in [0.5, 0.6) is 0 Å². The van der Waals surface area contributed by atoms with Crippen molar-refractivity contribution >= 4 is 8.80 Å². The summed E-state index contributed by atoms with van der Waals surface area (Å²) in [6.45, 7) is 8.75. The molecule has 0 atom stereocenters. The van der Waals surface area contributed by atoms with Crippen molar-refractivity contribution in [3.63, 3.8) is 0 Å². The zero-order chi connectivity index (χ0) is 13.0. The third-order valence-electron chi connectivity index (χ3n) is 3.21. The molecule has 95 valence electrons. The topological polar surface area (TPSA) is 12.0 Å². The van der Waals surface area contributed by atoms with Gasteiger partial charge in [-0.25, -0.2) is 0 Å². The van der Waals surface area contributed by atoms with Crippen molar-refractivity contribution in [2.45, 2.75) is 39.4 Å². The first-order valence-corrected chi connectivity index (χ1v) is 9.27. The fourth-order valence-corrected chi connectivity index (χ4v) is 2.23. The molecule has 1 aromatic carbocycles. The van der Waals surface area contributed by atoms with Gasteiger partial charge >= 0.3 is 0 Å². The number of rotatable bonds is 4. The van der Waals surface area contributed by atoms with Crippen molar-refractivity contribution in [1.82, 2.24) is 5.32 Å². The van der Waals surface area contributed by atoms with E-state index in [1.807, 2.05) is 0 Å². The molecular weight excluding hydrogens is 234 g/mol.